The van der Waals surface area contributed by atoms with E-state index in [1.54, 1.807) is 0 Å². The molecule has 0 unspecified atom stereocenters. The highest BCUT2D eigenvalue weighted by molar-refractivity contribution is 7.81. The first kappa shape index (κ1) is 22.3. The highest BCUT2D eigenvalue weighted by Crippen LogP contribution is 2.35. The lowest BCUT2D eigenvalue weighted by atomic mass is 9.83. The molecule has 0 amide bonds. The third-order valence-corrected chi connectivity index (χ3v) is 7.82. The molecule has 35 heavy (non-hydrogen) atoms. The molecular weight excluding hydrogens is 449 g/mol. The number of thiol groups is 1. The quantitative estimate of drug-likeness (QED) is 0.207. The maximum absolute atomic E-state index is 6.19. The van der Waals surface area contributed by atoms with Crippen molar-refractivity contribution in [2.75, 3.05) is 0 Å². The summed E-state index contributed by atoms with van der Waals surface area (Å²) in [6.07, 6.45) is 0. The van der Waals surface area contributed by atoms with Crippen molar-refractivity contribution in [1.82, 2.24) is 4.57 Å². The number of fused-ring (bicyclic) bond motifs is 6. The lowest BCUT2D eigenvalue weighted by Gasteiger charge is -2.38. The van der Waals surface area contributed by atoms with E-state index in [2.05, 4.69) is 105 Å². The number of nitrogens with zero attached hydrogens (tertiary/aromatic N) is 1. The van der Waals surface area contributed by atoms with Gasteiger partial charge in [0.25, 0.3) is 0 Å². The van der Waals surface area contributed by atoms with Gasteiger partial charge in [0.05, 0.1) is 16.6 Å². The molecule has 0 saturated heterocycles. The molecule has 0 aliphatic rings. The number of hydrogen-bond acceptors (Lipinski definition) is 3. The second-order valence-electron chi connectivity index (χ2n) is 10.2. The molecule has 1 radical (unpaired) electrons. The Kier molecular flexibility index (Phi) is 5.06. The van der Waals surface area contributed by atoms with Gasteiger partial charge in [-0.1, -0.05) is 54.0 Å². The van der Waals surface area contributed by atoms with Crippen LogP contribution < -0.4 is 5.46 Å². The van der Waals surface area contributed by atoms with E-state index < -0.39 is 5.60 Å². The summed E-state index contributed by atoms with van der Waals surface area (Å²) in [6.45, 7) is 8.27. The lowest BCUT2D eigenvalue weighted by Crippen LogP contribution is -2.45. The summed E-state index contributed by atoms with van der Waals surface area (Å²) < 4.78 is 14.4. The number of benzene rings is 4. The molecule has 0 atom stereocenters. The van der Waals surface area contributed by atoms with Gasteiger partial charge in [-0.2, -0.15) is 12.6 Å². The smallest absolute Gasteiger partial charge is 0.330 e. The number of rotatable bonds is 5. The molecule has 4 aromatic carbocycles. The van der Waals surface area contributed by atoms with Crippen LogP contribution >= 0.6 is 12.6 Å². The molecule has 0 aliphatic carbocycles. The Morgan fingerprint density at radius 1 is 0.714 bits per heavy atom. The fourth-order valence-electron chi connectivity index (χ4n) is 4.56. The van der Waals surface area contributed by atoms with Crippen LogP contribution in [0.2, 0.25) is 0 Å². The Labute approximate surface area is 211 Å². The third kappa shape index (κ3) is 3.65. The van der Waals surface area contributed by atoms with E-state index in [9.17, 15) is 0 Å². The first-order chi connectivity index (χ1) is 16.7. The Balaban J connectivity index is 1.48. The summed E-state index contributed by atoms with van der Waals surface area (Å²) in [7, 11) is 1.85. The lowest BCUT2D eigenvalue weighted by molar-refractivity contribution is 0.0855. The molecule has 0 saturated carbocycles. The zero-order valence-electron chi connectivity index (χ0n) is 20.4. The second kappa shape index (κ2) is 7.94. The van der Waals surface area contributed by atoms with Gasteiger partial charge in [-0.05, 0) is 58.0 Å². The molecule has 6 rings (SSSR count). The molecule has 3 nitrogen and oxygen atoms in total. The molecule has 173 valence electrons. The summed E-state index contributed by atoms with van der Waals surface area (Å²) in [5, 5.41) is 4.67. The van der Waals surface area contributed by atoms with Crippen LogP contribution in [0.25, 0.3) is 49.4 Å². The van der Waals surface area contributed by atoms with Crippen molar-refractivity contribution < 1.29 is 9.07 Å². The second-order valence-corrected chi connectivity index (χ2v) is 11.3. The summed E-state index contributed by atoms with van der Waals surface area (Å²) in [6, 6.07) is 29.7. The van der Waals surface area contributed by atoms with Gasteiger partial charge in [0, 0.05) is 38.0 Å². The van der Waals surface area contributed by atoms with Crippen molar-refractivity contribution in [3.05, 3.63) is 84.9 Å². The fraction of sp³-hybridized carbons (Fsp3) is 0.200. The Morgan fingerprint density at radius 3 is 2.20 bits per heavy atom. The van der Waals surface area contributed by atoms with Gasteiger partial charge >= 0.3 is 7.48 Å². The minimum Gasteiger partial charge on any atom is -0.456 e. The average molecular weight is 476 g/mol. The summed E-state index contributed by atoms with van der Waals surface area (Å²) >= 11 is 4.72. The monoisotopic (exact) mass is 476 g/mol. The van der Waals surface area contributed by atoms with Crippen molar-refractivity contribution in [3.63, 3.8) is 0 Å². The number of furan rings is 1. The molecule has 0 spiro atoms. The number of para-hydroxylation sites is 2. The van der Waals surface area contributed by atoms with Gasteiger partial charge in [-0.3, -0.25) is 0 Å². The van der Waals surface area contributed by atoms with Crippen molar-refractivity contribution in [1.29, 1.82) is 0 Å². The van der Waals surface area contributed by atoms with Gasteiger partial charge in [0.1, 0.15) is 11.2 Å². The molecular formula is C30H27BNO2S. The summed E-state index contributed by atoms with van der Waals surface area (Å²) in [5.41, 5.74) is 5.80. The van der Waals surface area contributed by atoms with E-state index in [-0.39, 0.29) is 4.75 Å². The van der Waals surface area contributed by atoms with E-state index in [0.717, 1.165) is 44.1 Å². The maximum Gasteiger partial charge on any atom is 0.330 e. The largest absolute Gasteiger partial charge is 0.456 e. The highest BCUT2D eigenvalue weighted by atomic mass is 32.1. The van der Waals surface area contributed by atoms with Gasteiger partial charge in [0.2, 0.25) is 0 Å². The first-order valence-corrected chi connectivity index (χ1v) is 12.4. The minimum absolute atomic E-state index is 0.279. The van der Waals surface area contributed by atoms with Crippen molar-refractivity contribution >= 4 is 69.3 Å². The fourth-order valence-corrected chi connectivity index (χ4v) is 4.61. The van der Waals surface area contributed by atoms with Gasteiger partial charge in [-0.15, -0.1) is 0 Å². The normalized spacial score (nSPS) is 12.8. The summed E-state index contributed by atoms with van der Waals surface area (Å²) in [5.74, 6) is 0. The average Bonchev–Trinajstić information content (AvgIpc) is 3.37. The predicted molar refractivity (Wildman–Crippen MR) is 152 cm³/mol. The molecule has 0 aliphatic heterocycles. The molecule has 0 bridgehead atoms. The van der Waals surface area contributed by atoms with Crippen LogP contribution in [-0.4, -0.2) is 22.4 Å². The van der Waals surface area contributed by atoms with Crippen LogP contribution in [0.5, 0.6) is 0 Å². The molecule has 2 heterocycles. The number of hydrogen-bond donors (Lipinski definition) is 1. The maximum atomic E-state index is 6.19. The standard InChI is InChI=1S/C30H27BNO2S/c1-29(2,30(3,4)35)34-31-19-13-16-26-24(17-19)21-9-5-7-11-25(21)32(26)20-14-15-23-22-10-6-8-12-27(22)33-28(23)18-20/h5-18,35H,1-4H3. The van der Waals surface area contributed by atoms with Crippen LogP contribution in [0.3, 0.4) is 0 Å². The van der Waals surface area contributed by atoms with Gasteiger partial charge in [0.15, 0.2) is 0 Å². The topological polar surface area (TPSA) is 27.3 Å². The van der Waals surface area contributed by atoms with Gasteiger partial charge in [-0.25, -0.2) is 0 Å². The zero-order chi connectivity index (χ0) is 24.4. The minimum atomic E-state index is -0.416. The predicted octanol–water partition coefficient (Wildman–Crippen LogP) is 7.43. The van der Waals surface area contributed by atoms with Crippen LogP contribution in [0.4, 0.5) is 0 Å². The van der Waals surface area contributed by atoms with Crippen LogP contribution in [0.15, 0.2) is 89.3 Å². The Bertz CT molecular complexity index is 1720. The van der Waals surface area contributed by atoms with Crippen LogP contribution in [0, 0.1) is 0 Å². The third-order valence-electron chi connectivity index (χ3n) is 7.28. The van der Waals surface area contributed by atoms with Crippen molar-refractivity contribution in [2.45, 2.75) is 38.0 Å². The summed E-state index contributed by atoms with van der Waals surface area (Å²) in [4.78, 5) is 0. The first-order valence-electron chi connectivity index (χ1n) is 11.9. The molecule has 0 N–H and O–H groups in total. The SMILES string of the molecule is CC(C)(S)C(C)(C)O[B]c1ccc2c(c1)c1ccccc1n2-c1ccc2c(c1)oc1ccccc12. The van der Waals surface area contributed by atoms with Gasteiger partial charge < -0.3 is 13.6 Å². The Morgan fingerprint density at radius 2 is 1.40 bits per heavy atom. The van der Waals surface area contributed by atoms with E-state index in [1.165, 1.54) is 10.8 Å². The van der Waals surface area contributed by atoms with E-state index in [0.29, 0.717) is 0 Å². The Hall–Kier alpha value is -3.15. The van der Waals surface area contributed by atoms with E-state index >= 15 is 0 Å². The van der Waals surface area contributed by atoms with Crippen LogP contribution in [0.1, 0.15) is 27.7 Å². The zero-order valence-corrected chi connectivity index (χ0v) is 21.3. The van der Waals surface area contributed by atoms with Crippen molar-refractivity contribution in [2.24, 2.45) is 0 Å². The molecule has 2 aromatic heterocycles. The molecule has 6 aromatic rings. The van der Waals surface area contributed by atoms with E-state index in [1.807, 2.05) is 19.6 Å². The number of aromatic nitrogens is 1. The highest BCUT2D eigenvalue weighted by Gasteiger charge is 2.34. The molecule has 0 fully saturated rings. The van der Waals surface area contributed by atoms with Crippen LogP contribution in [-0.2, 0) is 4.65 Å². The molecule has 5 heteroatoms. The van der Waals surface area contributed by atoms with Crippen molar-refractivity contribution in [3.8, 4) is 5.69 Å². The van der Waals surface area contributed by atoms with E-state index in [4.69, 9.17) is 21.7 Å².